The summed E-state index contributed by atoms with van der Waals surface area (Å²) in [5.41, 5.74) is -1.30. The number of ether oxygens (including phenoxy) is 4. The van der Waals surface area contributed by atoms with Gasteiger partial charge in [-0.2, -0.15) is 13.2 Å². The maximum atomic E-state index is 13.4. The van der Waals surface area contributed by atoms with E-state index in [-0.39, 0.29) is 48.9 Å². The van der Waals surface area contributed by atoms with Gasteiger partial charge in [-0.05, 0) is 24.6 Å². The molecule has 2 rings (SSSR count). The molecule has 1 aromatic rings. The third kappa shape index (κ3) is 5.90. The lowest BCUT2D eigenvalue weighted by Gasteiger charge is -2.33. The van der Waals surface area contributed by atoms with Crippen LogP contribution in [-0.4, -0.2) is 59.1 Å². The lowest BCUT2D eigenvalue weighted by Crippen LogP contribution is -2.39. The van der Waals surface area contributed by atoms with Crippen LogP contribution in [0.3, 0.4) is 0 Å². The zero-order valence-electron chi connectivity index (χ0n) is 17.7. The Morgan fingerprint density at radius 1 is 1.09 bits per heavy atom. The quantitative estimate of drug-likeness (QED) is 0.356. The van der Waals surface area contributed by atoms with Crippen LogP contribution in [0.15, 0.2) is 29.5 Å². The minimum absolute atomic E-state index is 0.0700. The van der Waals surface area contributed by atoms with Crippen LogP contribution < -0.4 is 10.2 Å². The number of halogens is 3. The SMILES string of the molecule is COC(=O)CCCNc1ccc(C(F)(F)F)cc1N1COCC(C(=O)OC)=C1C(=O)OC. The van der Waals surface area contributed by atoms with Crippen molar-refractivity contribution in [1.82, 2.24) is 0 Å². The molecule has 0 radical (unpaired) electrons. The molecule has 0 aromatic heterocycles. The number of nitrogens with one attached hydrogen (secondary N) is 1. The fourth-order valence-electron chi connectivity index (χ4n) is 2.97. The first kappa shape index (κ1) is 25.0. The van der Waals surface area contributed by atoms with Crippen molar-refractivity contribution in [2.75, 3.05) is 51.4 Å². The number of hydrogen-bond acceptors (Lipinski definition) is 9. The summed E-state index contributed by atoms with van der Waals surface area (Å²) >= 11 is 0. The maximum absolute atomic E-state index is 13.4. The van der Waals surface area contributed by atoms with E-state index < -0.39 is 29.6 Å². The Hall–Kier alpha value is -3.28. The van der Waals surface area contributed by atoms with Gasteiger partial charge in [-0.25, -0.2) is 9.59 Å². The molecule has 0 aliphatic carbocycles. The number of carbonyl (C=O) groups excluding carboxylic acids is 3. The fraction of sp³-hybridized carbons (Fsp3) is 0.450. The summed E-state index contributed by atoms with van der Waals surface area (Å²) in [4.78, 5) is 37.0. The molecule has 1 heterocycles. The van der Waals surface area contributed by atoms with Gasteiger partial charge in [0.25, 0.3) is 0 Å². The molecule has 0 saturated heterocycles. The van der Waals surface area contributed by atoms with E-state index in [1.165, 1.54) is 13.2 Å². The van der Waals surface area contributed by atoms with E-state index in [2.05, 4.69) is 14.8 Å². The number of methoxy groups -OCH3 is 3. The number of anilines is 2. The predicted molar refractivity (Wildman–Crippen MR) is 106 cm³/mol. The summed E-state index contributed by atoms with van der Waals surface area (Å²) in [5, 5.41) is 2.94. The minimum atomic E-state index is -4.66. The Balaban J connectivity index is 2.51. The highest BCUT2D eigenvalue weighted by Gasteiger charge is 2.36. The third-order valence-electron chi connectivity index (χ3n) is 4.55. The average molecular weight is 460 g/mol. The molecule has 1 aromatic carbocycles. The van der Waals surface area contributed by atoms with Gasteiger partial charge in [0.1, 0.15) is 12.4 Å². The van der Waals surface area contributed by atoms with Crippen LogP contribution in [0.4, 0.5) is 24.5 Å². The maximum Gasteiger partial charge on any atom is 0.416 e. The highest BCUT2D eigenvalue weighted by Crippen LogP contribution is 2.38. The summed E-state index contributed by atoms with van der Waals surface area (Å²) in [5.74, 6) is -2.25. The van der Waals surface area contributed by atoms with Crippen LogP contribution in [0.2, 0.25) is 0 Å². The van der Waals surface area contributed by atoms with Crippen LogP contribution in [-0.2, 0) is 39.5 Å². The second-order valence-corrected chi connectivity index (χ2v) is 6.55. The first-order valence-corrected chi connectivity index (χ1v) is 9.41. The van der Waals surface area contributed by atoms with Gasteiger partial charge in [0.05, 0.1) is 50.4 Å². The van der Waals surface area contributed by atoms with Crippen molar-refractivity contribution >= 4 is 29.3 Å². The van der Waals surface area contributed by atoms with Crippen LogP contribution in [0.25, 0.3) is 0 Å². The van der Waals surface area contributed by atoms with Gasteiger partial charge in [0, 0.05) is 13.0 Å². The van der Waals surface area contributed by atoms with Crippen LogP contribution in [0.5, 0.6) is 0 Å². The number of alkyl halides is 3. The summed E-state index contributed by atoms with van der Waals surface area (Å²) < 4.78 is 59.5. The van der Waals surface area contributed by atoms with Crippen molar-refractivity contribution in [2.24, 2.45) is 0 Å². The lowest BCUT2D eigenvalue weighted by atomic mass is 10.1. The summed E-state index contributed by atoms with van der Waals surface area (Å²) in [6.07, 6.45) is -4.21. The Bertz CT molecular complexity index is 900. The molecular formula is C20H23F3N2O7. The van der Waals surface area contributed by atoms with E-state index in [0.29, 0.717) is 6.42 Å². The highest BCUT2D eigenvalue weighted by atomic mass is 19.4. The average Bonchev–Trinajstić information content (AvgIpc) is 2.79. The molecule has 0 spiro atoms. The van der Waals surface area contributed by atoms with Crippen molar-refractivity contribution in [2.45, 2.75) is 19.0 Å². The first-order chi connectivity index (χ1) is 15.1. The minimum Gasteiger partial charge on any atom is -0.469 e. The smallest absolute Gasteiger partial charge is 0.416 e. The normalized spacial score (nSPS) is 14.1. The molecule has 1 N–H and O–H groups in total. The fourth-order valence-corrected chi connectivity index (χ4v) is 2.97. The molecule has 0 amide bonds. The van der Waals surface area contributed by atoms with E-state index in [9.17, 15) is 27.6 Å². The van der Waals surface area contributed by atoms with E-state index >= 15 is 0 Å². The zero-order valence-corrected chi connectivity index (χ0v) is 17.7. The predicted octanol–water partition coefficient (Wildman–Crippen LogP) is 2.46. The number of nitrogens with zero attached hydrogens (tertiary/aromatic N) is 1. The van der Waals surface area contributed by atoms with Gasteiger partial charge in [0.2, 0.25) is 0 Å². The van der Waals surface area contributed by atoms with Crippen molar-refractivity contribution in [3.8, 4) is 0 Å². The van der Waals surface area contributed by atoms with Gasteiger partial charge in [-0.15, -0.1) is 0 Å². The topological polar surface area (TPSA) is 103 Å². The Morgan fingerprint density at radius 3 is 2.38 bits per heavy atom. The summed E-state index contributed by atoms with van der Waals surface area (Å²) in [6, 6.07) is 2.90. The molecule has 0 unspecified atom stereocenters. The van der Waals surface area contributed by atoms with Gasteiger partial charge >= 0.3 is 24.1 Å². The van der Waals surface area contributed by atoms with Gasteiger partial charge in [-0.1, -0.05) is 0 Å². The van der Waals surface area contributed by atoms with E-state index in [4.69, 9.17) is 9.47 Å². The molecule has 1 aliphatic heterocycles. The van der Waals surface area contributed by atoms with E-state index in [1.807, 2.05) is 0 Å². The van der Waals surface area contributed by atoms with Crippen molar-refractivity contribution in [1.29, 1.82) is 0 Å². The molecular weight excluding hydrogens is 437 g/mol. The number of hydrogen-bond donors (Lipinski definition) is 1. The van der Waals surface area contributed by atoms with E-state index in [0.717, 1.165) is 31.3 Å². The molecule has 0 atom stereocenters. The molecule has 0 fully saturated rings. The third-order valence-corrected chi connectivity index (χ3v) is 4.55. The molecule has 0 bridgehead atoms. The van der Waals surface area contributed by atoms with Gasteiger partial charge in [-0.3, -0.25) is 4.79 Å². The molecule has 9 nitrogen and oxygen atoms in total. The Morgan fingerprint density at radius 2 is 1.78 bits per heavy atom. The molecule has 32 heavy (non-hydrogen) atoms. The lowest BCUT2D eigenvalue weighted by molar-refractivity contribution is -0.141. The van der Waals surface area contributed by atoms with Crippen molar-refractivity contribution in [3.63, 3.8) is 0 Å². The Kier molecular flexibility index (Phi) is 8.47. The second-order valence-electron chi connectivity index (χ2n) is 6.55. The molecule has 176 valence electrons. The number of esters is 3. The largest absolute Gasteiger partial charge is 0.469 e. The number of rotatable bonds is 8. The van der Waals surface area contributed by atoms with Crippen molar-refractivity contribution in [3.05, 3.63) is 35.0 Å². The molecule has 1 aliphatic rings. The van der Waals surface area contributed by atoms with Gasteiger partial charge in [0.15, 0.2) is 0 Å². The van der Waals surface area contributed by atoms with Crippen LogP contribution >= 0.6 is 0 Å². The molecule has 0 saturated carbocycles. The van der Waals surface area contributed by atoms with Gasteiger partial charge < -0.3 is 29.2 Å². The van der Waals surface area contributed by atoms with Crippen LogP contribution in [0, 0.1) is 0 Å². The van der Waals surface area contributed by atoms with Crippen LogP contribution in [0.1, 0.15) is 18.4 Å². The number of carbonyl (C=O) groups is 3. The highest BCUT2D eigenvalue weighted by molar-refractivity contribution is 6.04. The first-order valence-electron chi connectivity index (χ1n) is 9.41. The standard InChI is InChI=1S/C20H23F3N2O7/c1-29-16(26)5-4-8-24-14-7-6-12(20(21,22)23)9-15(14)25-11-32-10-13(18(27)30-2)17(25)19(28)31-3/h6-7,9,24H,4-5,8,10-11H2,1-3H3. The second kappa shape index (κ2) is 10.8. The Labute approximate surface area is 182 Å². The number of benzene rings is 1. The van der Waals surface area contributed by atoms with Crippen molar-refractivity contribution < 1.29 is 46.5 Å². The summed E-state index contributed by atoms with van der Waals surface area (Å²) in [7, 11) is 3.43. The zero-order chi connectivity index (χ0) is 23.9. The monoisotopic (exact) mass is 460 g/mol. The van der Waals surface area contributed by atoms with E-state index in [1.54, 1.807) is 0 Å². The summed E-state index contributed by atoms with van der Waals surface area (Å²) in [6.45, 7) is -0.374. The molecule has 12 heteroatoms.